The van der Waals surface area contributed by atoms with E-state index in [-0.39, 0.29) is 12.4 Å². The molecule has 1 rings (SSSR count). The fourth-order valence-corrected chi connectivity index (χ4v) is 1.61. The van der Waals surface area contributed by atoms with Crippen molar-refractivity contribution in [3.63, 3.8) is 0 Å². The molecule has 1 N–H and O–H groups in total. The third kappa shape index (κ3) is 5.62. The normalized spacial score (nSPS) is 11.8. The molecule has 0 bridgehead atoms. The number of ether oxygens (including phenoxy) is 1. The van der Waals surface area contributed by atoms with E-state index in [4.69, 9.17) is 16.3 Å². The maximum atomic E-state index is 5.98. The predicted octanol–water partition coefficient (Wildman–Crippen LogP) is 4.05. The van der Waals surface area contributed by atoms with Gasteiger partial charge in [0.15, 0.2) is 0 Å². The Kier molecular flexibility index (Phi) is 8.40. The molecule has 0 aromatic heterocycles. The molecule has 0 fully saturated rings. The van der Waals surface area contributed by atoms with Crippen LogP contribution in [0.3, 0.4) is 0 Å². The zero-order chi connectivity index (χ0) is 12.0. The lowest BCUT2D eigenvalue weighted by molar-refractivity contribution is 0.334. The molecule has 0 aliphatic rings. The molecule has 98 valence electrons. The van der Waals surface area contributed by atoms with Crippen LogP contribution in [0.2, 0.25) is 5.02 Å². The van der Waals surface area contributed by atoms with E-state index in [0.29, 0.717) is 12.6 Å². The Morgan fingerprint density at radius 1 is 1.35 bits per heavy atom. The van der Waals surface area contributed by atoms with Crippen LogP contribution in [0.5, 0.6) is 5.75 Å². The quantitative estimate of drug-likeness (QED) is 0.847. The first-order chi connectivity index (χ1) is 7.67. The average Bonchev–Trinajstić information content (AvgIpc) is 2.29. The summed E-state index contributed by atoms with van der Waals surface area (Å²) in [6.45, 7) is 7.80. The molecule has 0 saturated heterocycles. The van der Waals surface area contributed by atoms with Gasteiger partial charge in [0, 0.05) is 23.2 Å². The highest BCUT2D eigenvalue weighted by Crippen LogP contribution is 2.23. The molecule has 0 aliphatic heterocycles. The van der Waals surface area contributed by atoms with Crippen LogP contribution in [0.1, 0.15) is 32.8 Å². The predicted molar refractivity (Wildman–Crippen MR) is 76.5 cm³/mol. The number of hydrogen-bond donors (Lipinski definition) is 1. The second kappa shape index (κ2) is 8.62. The van der Waals surface area contributed by atoms with Gasteiger partial charge in [0.25, 0.3) is 0 Å². The zero-order valence-corrected chi connectivity index (χ0v) is 12.2. The van der Waals surface area contributed by atoms with Gasteiger partial charge < -0.3 is 10.1 Å². The molecule has 17 heavy (non-hydrogen) atoms. The van der Waals surface area contributed by atoms with Crippen molar-refractivity contribution in [1.29, 1.82) is 0 Å². The third-order valence-electron chi connectivity index (χ3n) is 2.58. The third-order valence-corrected chi connectivity index (χ3v) is 2.81. The summed E-state index contributed by atoms with van der Waals surface area (Å²) in [5.41, 5.74) is 1.12. The Morgan fingerprint density at radius 3 is 2.65 bits per heavy atom. The smallest absolute Gasteiger partial charge is 0.123 e. The van der Waals surface area contributed by atoms with Crippen LogP contribution in [-0.2, 0) is 6.54 Å². The second-order valence-corrected chi connectivity index (χ2v) is 4.31. The van der Waals surface area contributed by atoms with Gasteiger partial charge in [-0.15, -0.1) is 12.4 Å². The van der Waals surface area contributed by atoms with E-state index in [9.17, 15) is 0 Å². The SMILES string of the molecule is CCOc1ccc(Cl)cc1CNC(C)CC.Cl. The summed E-state index contributed by atoms with van der Waals surface area (Å²) < 4.78 is 5.56. The molecule has 0 radical (unpaired) electrons. The van der Waals surface area contributed by atoms with Crippen molar-refractivity contribution in [2.45, 2.75) is 39.8 Å². The molecule has 4 heteroatoms. The number of halogens is 2. The van der Waals surface area contributed by atoms with Crippen LogP contribution in [0.25, 0.3) is 0 Å². The molecule has 0 spiro atoms. The first-order valence-electron chi connectivity index (χ1n) is 5.82. The van der Waals surface area contributed by atoms with Gasteiger partial charge in [0.1, 0.15) is 5.75 Å². The van der Waals surface area contributed by atoms with Crippen LogP contribution in [0, 0.1) is 0 Å². The first-order valence-corrected chi connectivity index (χ1v) is 6.19. The van der Waals surface area contributed by atoms with Gasteiger partial charge in [-0.1, -0.05) is 18.5 Å². The van der Waals surface area contributed by atoms with Gasteiger partial charge in [-0.25, -0.2) is 0 Å². The molecule has 0 heterocycles. The summed E-state index contributed by atoms with van der Waals surface area (Å²) in [7, 11) is 0. The minimum absolute atomic E-state index is 0. The number of nitrogens with one attached hydrogen (secondary N) is 1. The van der Waals surface area contributed by atoms with Crippen LogP contribution < -0.4 is 10.1 Å². The Morgan fingerprint density at radius 2 is 2.06 bits per heavy atom. The highest BCUT2D eigenvalue weighted by atomic mass is 35.5. The average molecular weight is 278 g/mol. The van der Waals surface area contributed by atoms with Crippen molar-refractivity contribution in [1.82, 2.24) is 5.32 Å². The Bertz CT molecular complexity index is 331. The number of rotatable bonds is 6. The number of benzene rings is 1. The second-order valence-electron chi connectivity index (χ2n) is 3.88. The fourth-order valence-electron chi connectivity index (χ4n) is 1.41. The van der Waals surface area contributed by atoms with Crippen LogP contribution >= 0.6 is 24.0 Å². The van der Waals surface area contributed by atoms with Crippen molar-refractivity contribution in [3.8, 4) is 5.75 Å². The molecule has 2 nitrogen and oxygen atoms in total. The fraction of sp³-hybridized carbons (Fsp3) is 0.538. The Balaban J connectivity index is 0.00000256. The van der Waals surface area contributed by atoms with Gasteiger partial charge in [-0.3, -0.25) is 0 Å². The molecule has 0 saturated carbocycles. The summed E-state index contributed by atoms with van der Waals surface area (Å²) in [5, 5.41) is 4.19. The zero-order valence-electron chi connectivity index (χ0n) is 10.6. The highest BCUT2D eigenvalue weighted by Gasteiger charge is 2.05. The monoisotopic (exact) mass is 277 g/mol. The minimum atomic E-state index is 0. The Hall–Kier alpha value is -0.440. The Labute approximate surface area is 115 Å². The van der Waals surface area contributed by atoms with Gasteiger partial charge in [0.05, 0.1) is 6.61 Å². The van der Waals surface area contributed by atoms with Crippen molar-refractivity contribution in [2.75, 3.05) is 6.61 Å². The van der Waals surface area contributed by atoms with Gasteiger partial charge in [0.2, 0.25) is 0 Å². The van der Waals surface area contributed by atoms with E-state index < -0.39 is 0 Å². The lowest BCUT2D eigenvalue weighted by atomic mass is 10.1. The molecule has 0 amide bonds. The lowest BCUT2D eigenvalue weighted by Gasteiger charge is -2.14. The van der Waals surface area contributed by atoms with E-state index in [1.807, 2.05) is 25.1 Å². The molecule has 0 aliphatic carbocycles. The van der Waals surface area contributed by atoms with Gasteiger partial charge in [-0.2, -0.15) is 0 Å². The summed E-state index contributed by atoms with van der Waals surface area (Å²) in [4.78, 5) is 0. The summed E-state index contributed by atoms with van der Waals surface area (Å²) >= 11 is 5.98. The van der Waals surface area contributed by atoms with Gasteiger partial charge in [-0.05, 0) is 38.5 Å². The highest BCUT2D eigenvalue weighted by molar-refractivity contribution is 6.30. The largest absolute Gasteiger partial charge is 0.494 e. The molecular weight excluding hydrogens is 257 g/mol. The molecule has 1 aromatic carbocycles. The van der Waals surface area contributed by atoms with E-state index in [2.05, 4.69) is 19.2 Å². The van der Waals surface area contributed by atoms with Crippen LogP contribution in [-0.4, -0.2) is 12.6 Å². The van der Waals surface area contributed by atoms with Crippen molar-refractivity contribution in [2.24, 2.45) is 0 Å². The van der Waals surface area contributed by atoms with E-state index in [1.54, 1.807) is 0 Å². The maximum Gasteiger partial charge on any atom is 0.123 e. The topological polar surface area (TPSA) is 21.3 Å². The van der Waals surface area contributed by atoms with Crippen molar-refractivity contribution >= 4 is 24.0 Å². The summed E-state index contributed by atoms with van der Waals surface area (Å²) in [5.74, 6) is 0.919. The van der Waals surface area contributed by atoms with E-state index >= 15 is 0 Å². The minimum Gasteiger partial charge on any atom is -0.494 e. The van der Waals surface area contributed by atoms with E-state index in [1.165, 1.54) is 0 Å². The van der Waals surface area contributed by atoms with Gasteiger partial charge >= 0.3 is 0 Å². The molecule has 1 unspecified atom stereocenters. The maximum absolute atomic E-state index is 5.98. The van der Waals surface area contributed by atoms with Crippen LogP contribution in [0.15, 0.2) is 18.2 Å². The standard InChI is InChI=1S/C13H20ClNO.ClH/c1-4-10(3)15-9-11-8-12(14)6-7-13(11)16-5-2;/h6-8,10,15H,4-5,9H2,1-3H3;1H. The summed E-state index contributed by atoms with van der Waals surface area (Å²) in [6, 6.07) is 6.26. The lowest BCUT2D eigenvalue weighted by Crippen LogP contribution is -2.24. The van der Waals surface area contributed by atoms with Crippen molar-refractivity contribution < 1.29 is 4.74 Å². The van der Waals surface area contributed by atoms with Crippen LogP contribution in [0.4, 0.5) is 0 Å². The first kappa shape index (κ1) is 16.6. The summed E-state index contributed by atoms with van der Waals surface area (Å²) in [6.07, 6.45) is 1.12. The molecule has 1 atom stereocenters. The van der Waals surface area contributed by atoms with E-state index in [0.717, 1.165) is 29.3 Å². The number of hydrogen-bond acceptors (Lipinski definition) is 2. The molecular formula is C13H21Cl2NO. The molecule has 1 aromatic rings. The van der Waals surface area contributed by atoms with Crippen molar-refractivity contribution in [3.05, 3.63) is 28.8 Å².